The van der Waals surface area contributed by atoms with E-state index in [4.69, 9.17) is 4.74 Å². The van der Waals surface area contributed by atoms with Crippen LogP contribution < -0.4 is 15.4 Å². The molecule has 2 N–H and O–H groups in total. The highest BCUT2D eigenvalue weighted by Gasteiger charge is 2.07. The zero-order valence-corrected chi connectivity index (χ0v) is 12.0. The van der Waals surface area contributed by atoms with E-state index in [1.165, 1.54) is 0 Å². The first-order chi connectivity index (χ1) is 10.6. The number of rotatable bonds is 6. The van der Waals surface area contributed by atoms with E-state index < -0.39 is 11.6 Å². The van der Waals surface area contributed by atoms with E-state index in [0.717, 1.165) is 18.2 Å². The van der Waals surface area contributed by atoms with Crippen LogP contribution in [-0.2, 0) is 4.79 Å². The Bertz CT molecular complexity index is 645. The van der Waals surface area contributed by atoms with Crippen molar-refractivity contribution in [3.63, 3.8) is 0 Å². The molecule has 0 unspecified atom stereocenters. The van der Waals surface area contributed by atoms with E-state index in [-0.39, 0.29) is 18.1 Å². The van der Waals surface area contributed by atoms with Gasteiger partial charge in [0.1, 0.15) is 17.4 Å². The molecule has 0 aliphatic heterocycles. The normalized spacial score (nSPS) is 10.1. The lowest BCUT2D eigenvalue weighted by atomic mass is 10.3. The summed E-state index contributed by atoms with van der Waals surface area (Å²) >= 11 is 0. The number of nitrogens with one attached hydrogen (secondary N) is 2. The van der Waals surface area contributed by atoms with Gasteiger partial charge in [-0.1, -0.05) is 0 Å². The van der Waals surface area contributed by atoms with E-state index in [0.29, 0.717) is 18.0 Å². The second-order valence-corrected chi connectivity index (χ2v) is 4.48. The second-order valence-electron chi connectivity index (χ2n) is 4.48. The molecule has 1 amide bonds. The molecule has 6 heteroatoms. The summed E-state index contributed by atoms with van der Waals surface area (Å²) < 4.78 is 31.7. The lowest BCUT2D eigenvalue weighted by molar-refractivity contribution is -0.114. The molecule has 0 heterocycles. The Hall–Kier alpha value is -2.63. The van der Waals surface area contributed by atoms with Crippen LogP contribution in [0.25, 0.3) is 0 Å². The Labute approximate surface area is 127 Å². The van der Waals surface area contributed by atoms with Gasteiger partial charge in [-0.25, -0.2) is 8.78 Å². The van der Waals surface area contributed by atoms with Crippen molar-refractivity contribution in [1.82, 2.24) is 0 Å². The zero-order chi connectivity index (χ0) is 15.9. The summed E-state index contributed by atoms with van der Waals surface area (Å²) in [6.45, 7) is 2.27. The molecule has 0 aliphatic rings. The van der Waals surface area contributed by atoms with Gasteiger partial charge in [-0.15, -0.1) is 0 Å². The van der Waals surface area contributed by atoms with Gasteiger partial charge in [-0.05, 0) is 49.4 Å². The molecule has 0 aliphatic carbocycles. The van der Waals surface area contributed by atoms with Crippen molar-refractivity contribution in [2.45, 2.75) is 6.92 Å². The van der Waals surface area contributed by atoms with E-state index in [1.54, 1.807) is 24.3 Å². The van der Waals surface area contributed by atoms with Gasteiger partial charge in [-0.3, -0.25) is 4.79 Å². The molecular weight excluding hydrogens is 290 g/mol. The molecule has 0 radical (unpaired) electrons. The average Bonchev–Trinajstić information content (AvgIpc) is 2.50. The Morgan fingerprint density at radius 3 is 2.55 bits per heavy atom. The van der Waals surface area contributed by atoms with Gasteiger partial charge in [0.05, 0.1) is 18.8 Å². The van der Waals surface area contributed by atoms with Crippen molar-refractivity contribution in [3.05, 3.63) is 54.1 Å². The van der Waals surface area contributed by atoms with Crippen LogP contribution in [0.3, 0.4) is 0 Å². The lowest BCUT2D eigenvalue weighted by Gasteiger charge is -2.09. The van der Waals surface area contributed by atoms with Gasteiger partial charge >= 0.3 is 0 Å². The second kappa shape index (κ2) is 7.40. The monoisotopic (exact) mass is 306 g/mol. The Kier molecular flexibility index (Phi) is 5.30. The van der Waals surface area contributed by atoms with Crippen molar-refractivity contribution >= 4 is 17.3 Å². The molecule has 0 fully saturated rings. The number of ether oxygens (including phenoxy) is 1. The van der Waals surface area contributed by atoms with Crippen LogP contribution in [-0.4, -0.2) is 19.1 Å². The number of carbonyl (C=O) groups is 1. The van der Waals surface area contributed by atoms with Gasteiger partial charge in [0.25, 0.3) is 0 Å². The molecule has 2 rings (SSSR count). The van der Waals surface area contributed by atoms with E-state index in [2.05, 4.69) is 10.6 Å². The highest BCUT2D eigenvalue weighted by atomic mass is 19.1. The summed E-state index contributed by atoms with van der Waals surface area (Å²) in [6.07, 6.45) is 0. The molecular formula is C16H16F2N2O2. The van der Waals surface area contributed by atoms with Crippen molar-refractivity contribution in [3.8, 4) is 5.75 Å². The molecule has 116 valence electrons. The predicted octanol–water partition coefficient (Wildman–Crippen LogP) is 3.41. The first-order valence-electron chi connectivity index (χ1n) is 6.80. The van der Waals surface area contributed by atoms with Crippen LogP contribution in [0.1, 0.15) is 6.92 Å². The summed E-state index contributed by atoms with van der Waals surface area (Å²) in [5.74, 6) is -0.848. The third-order valence-electron chi connectivity index (χ3n) is 2.82. The first-order valence-corrected chi connectivity index (χ1v) is 6.80. The van der Waals surface area contributed by atoms with Gasteiger partial charge in [0.15, 0.2) is 0 Å². The number of hydrogen-bond donors (Lipinski definition) is 2. The fourth-order valence-corrected chi connectivity index (χ4v) is 1.81. The van der Waals surface area contributed by atoms with Gasteiger partial charge in [0, 0.05) is 5.69 Å². The summed E-state index contributed by atoms with van der Waals surface area (Å²) in [5.41, 5.74) is 0.539. The Morgan fingerprint density at radius 2 is 1.86 bits per heavy atom. The lowest BCUT2D eigenvalue weighted by Crippen LogP contribution is -2.22. The standard InChI is InChI=1S/C16H16F2N2O2/c1-2-22-13-6-4-12(5-7-13)20-16(21)10-19-15-9-11(17)3-8-14(15)18/h3-9,19H,2,10H2,1H3,(H,20,21). The summed E-state index contributed by atoms with van der Waals surface area (Å²) in [4.78, 5) is 11.8. The van der Waals surface area contributed by atoms with Crippen LogP contribution in [0.4, 0.5) is 20.2 Å². The minimum atomic E-state index is -0.615. The molecule has 2 aromatic carbocycles. The third kappa shape index (κ3) is 4.44. The first kappa shape index (κ1) is 15.8. The largest absolute Gasteiger partial charge is 0.494 e. The van der Waals surface area contributed by atoms with Crippen LogP contribution >= 0.6 is 0 Å². The molecule has 0 aromatic heterocycles. The highest BCUT2D eigenvalue weighted by Crippen LogP contribution is 2.16. The molecule has 0 saturated carbocycles. The number of hydrogen-bond acceptors (Lipinski definition) is 3. The van der Waals surface area contributed by atoms with Gasteiger partial charge in [-0.2, -0.15) is 0 Å². The zero-order valence-electron chi connectivity index (χ0n) is 12.0. The molecule has 0 bridgehead atoms. The van der Waals surface area contributed by atoms with Crippen molar-refractivity contribution < 1.29 is 18.3 Å². The number of benzene rings is 2. The van der Waals surface area contributed by atoms with E-state index in [1.807, 2.05) is 6.92 Å². The highest BCUT2D eigenvalue weighted by molar-refractivity contribution is 5.93. The van der Waals surface area contributed by atoms with Crippen molar-refractivity contribution in [2.75, 3.05) is 23.8 Å². The molecule has 22 heavy (non-hydrogen) atoms. The maximum atomic E-state index is 13.4. The number of amides is 1. The maximum Gasteiger partial charge on any atom is 0.243 e. The number of anilines is 2. The molecule has 0 saturated heterocycles. The summed E-state index contributed by atoms with van der Waals surface area (Å²) in [7, 11) is 0. The average molecular weight is 306 g/mol. The summed E-state index contributed by atoms with van der Waals surface area (Å²) in [6, 6.07) is 9.89. The topological polar surface area (TPSA) is 50.4 Å². The fourth-order valence-electron chi connectivity index (χ4n) is 1.81. The number of carbonyl (C=O) groups excluding carboxylic acids is 1. The van der Waals surface area contributed by atoms with Crippen molar-refractivity contribution in [2.24, 2.45) is 0 Å². The molecule has 0 atom stereocenters. The van der Waals surface area contributed by atoms with E-state index >= 15 is 0 Å². The van der Waals surface area contributed by atoms with Crippen LogP contribution in [0.5, 0.6) is 5.75 Å². The van der Waals surface area contributed by atoms with Crippen molar-refractivity contribution in [1.29, 1.82) is 0 Å². The van der Waals surface area contributed by atoms with Gasteiger partial charge < -0.3 is 15.4 Å². The Morgan fingerprint density at radius 1 is 1.14 bits per heavy atom. The van der Waals surface area contributed by atoms with Crippen LogP contribution in [0.15, 0.2) is 42.5 Å². The van der Waals surface area contributed by atoms with Gasteiger partial charge in [0.2, 0.25) is 5.91 Å². The van der Waals surface area contributed by atoms with E-state index in [9.17, 15) is 13.6 Å². The summed E-state index contributed by atoms with van der Waals surface area (Å²) in [5, 5.41) is 5.20. The minimum absolute atomic E-state index is 0.0538. The number of halogens is 2. The quantitative estimate of drug-likeness (QED) is 0.860. The predicted molar refractivity (Wildman–Crippen MR) is 81.1 cm³/mol. The smallest absolute Gasteiger partial charge is 0.243 e. The fraction of sp³-hybridized carbons (Fsp3) is 0.188. The molecule has 2 aromatic rings. The third-order valence-corrected chi connectivity index (χ3v) is 2.82. The minimum Gasteiger partial charge on any atom is -0.494 e. The SMILES string of the molecule is CCOc1ccc(NC(=O)CNc2cc(F)ccc2F)cc1. The molecule has 0 spiro atoms. The maximum absolute atomic E-state index is 13.4. The Balaban J connectivity index is 1.88. The van der Waals surface area contributed by atoms with Crippen LogP contribution in [0.2, 0.25) is 0 Å². The molecule has 4 nitrogen and oxygen atoms in total. The van der Waals surface area contributed by atoms with Crippen LogP contribution in [0, 0.1) is 11.6 Å².